The van der Waals surface area contributed by atoms with E-state index in [2.05, 4.69) is 16.6 Å². The lowest BCUT2D eigenvalue weighted by Gasteiger charge is -2.13. The van der Waals surface area contributed by atoms with Crippen molar-refractivity contribution in [2.45, 2.75) is 33.0 Å². The first-order chi connectivity index (χ1) is 7.10. The van der Waals surface area contributed by atoms with Crippen molar-refractivity contribution in [2.24, 2.45) is 0 Å². The van der Waals surface area contributed by atoms with E-state index < -0.39 is 18.4 Å². The van der Waals surface area contributed by atoms with Gasteiger partial charge in [0.05, 0.1) is 0 Å². The first kappa shape index (κ1) is 13.5. The summed E-state index contributed by atoms with van der Waals surface area (Å²) >= 11 is 0. The van der Waals surface area contributed by atoms with Crippen LogP contribution in [0.2, 0.25) is 0 Å². The molecule has 0 aromatic carbocycles. The second kappa shape index (κ2) is 7.84. The van der Waals surface area contributed by atoms with Gasteiger partial charge in [0, 0.05) is 19.5 Å². The molecule has 1 N–H and O–H groups in total. The molecule has 0 aliphatic carbocycles. The van der Waals surface area contributed by atoms with Crippen molar-refractivity contribution in [3.8, 4) is 0 Å². The molecule has 0 aromatic rings. The van der Waals surface area contributed by atoms with Gasteiger partial charge in [0.2, 0.25) is 6.29 Å². The fraction of sp³-hybridized carbons (Fsp3) is 0.600. The van der Waals surface area contributed by atoms with Gasteiger partial charge in [-0.15, -0.1) is 0 Å². The van der Waals surface area contributed by atoms with Gasteiger partial charge in [-0.05, 0) is 6.42 Å². The van der Waals surface area contributed by atoms with Gasteiger partial charge in [-0.25, -0.2) is 9.59 Å². The smallest absolute Gasteiger partial charge is 0.410 e. The van der Waals surface area contributed by atoms with Gasteiger partial charge in [-0.2, -0.15) is 0 Å². The second-order valence-electron chi connectivity index (χ2n) is 2.89. The van der Waals surface area contributed by atoms with Crippen molar-refractivity contribution in [3.05, 3.63) is 12.7 Å². The quantitative estimate of drug-likeness (QED) is 0.316. The molecule has 0 bridgehead atoms. The van der Waals surface area contributed by atoms with E-state index >= 15 is 0 Å². The third-order valence-corrected chi connectivity index (χ3v) is 1.52. The summed E-state index contributed by atoms with van der Waals surface area (Å²) in [4.78, 5) is 21.8. The summed E-state index contributed by atoms with van der Waals surface area (Å²) in [5.74, 6) is -0.621. The molecule has 1 unspecified atom stereocenters. The molecule has 0 aromatic heterocycles. The third-order valence-electron chi connectivity index (χ3n) is 1.52. The second-order valence-corrected chi connectivity index (χ2v) is 2.89. The van der Waals surface area contributed by atoms with Gasteiger partial charge >= 0.3 is 12.1 Å². The molecule has 0 heterocycles. The molecule has 0 aliphatic rings. The zero-order chi connectivity index (χ0) is 11.7. The molecule has 0 saturated carbocycles. The Morgan fingerprint density at radius 3 is 2.67 bits per heavy atom. The molecule has 0 rings (SSSR count). The largest absolute Gasteiger partial charge is 0.422 e. The lowest BCUT2D eigenvalue weighted by Crippen LogP contribution is -2.30. The summed E-state index contributed by atoms with van der Waals surface area (Å²) in [6.07, 6.45) is 1.39. The standard InChI is InChI=1S/C10H17NO4/c1-4-6-7-11-10(13)15-8(3)14-9(12)5-2/h5,8H,2,4,6-7H2,1,3H3,(H,11,13). The summed E-state index contributed by atoms with van der Waals surface area (Å²) in [5.41, 5.74) is 0. The molecule has 15 heavy (non-hydrogen) atoms. The van der Waals surface area contributed by atoms with Crippen LogP contribution in [0.5, 0.6) is 0 Å². The highest BCUT2D eigenvalue weighted by molar-refractivity contribution is 5.81. The average molecular weight is 215 g/mol. The molecule has 0 aliphatic heterocycles. The number of alkyl carbamates (subject to hydrolysis) is 1. The Balaban J connectivity index is 3.66. The normalized spacial score (nSPS) is 11.3. The molecule has 0 saturated heterocycles. The van der Waals surface area contributed by atoms with Crippen LogP contribution in [-0.2, 0) is 14.3 Å². The van der Waals surface area contributed by atoms with Crippen LogP contribution < -0.4 is 5.32 Å². The van der Waals surface area contributed by atoms with Crippen LogP contribution in [0.15, 0.2) is 12.7 Å². The molecule has 5 nitrogen and oxygen atoms in total. The van der Waals surface area contributed by atoms with Crippen molar-refractivity contribution in [1.82, 2.24) is 5.32 Å². The SMILES string of the molecule is C=CC(=O)OC(C)OC(=O)NCCCC. The summed E-state index contributed by atoms with van der Waals surface area (Å²) in [5, 5.41) is 2.53. The molecule has 0 radical (unpaired) electrons. The van der Waals surface area contributed by atoms with E-state index in [1.165, 1.54) is 6.92 Å². The Kier molecular flexibility index (Phi) is 7.05. The number of nitrogens with one attached hydrogen (secondary N) is 1. The fourth-order valence-corrected chi connectivity index (χ4v) is 0.795. The van der Waals surface area contributed by atoms with Crippen LogP contribution in [0.1, 0.15) is 26.7 Å². The first-order valence-electron chi connectivity index (χ1n) is 4.87. The highest BCUT2D eigenvalue weighted by Gasteiger charge is 2.11. The van der Waals surface area contributed by atoms with Crippen molar-refractivity contribution in [3.63, 3.8) is 0 Å². The van der Waals surface area contributed by atoms with Gasteiger partial charge < -0.3 is 14.8 Å². The van der Waals surface area contributed by atoms with Crippen molar-refractivity contribution >= 4 is 12.1 Å². The Morgan fingerprint density at radius 1 is 1.47 bits per heavy atom. The predicted octanol–water partition coefficient (Wildman–Crippen LogP) is 1.59. The number of esters is 1. The molecule has 1 atom stereocenters. The highest BCUT2D eigenvalue weighted by Crippen LogP contribution is 1.95. The van der Waals surface area contributed by atoms with Crippen LogP contribution in [0, 0.1) is 0 Å². The zero-order valence-electron chi connectivity index (χ0n) is 9.12. The van der Waals surface area contributed by atoms with Crippen LogP contribution in [-0.4, -0.2) is 24.9 Å². The number of unbranched alkanes of at least 4 members (excludes halogenated alkanes) is 1. The zero-order valence-corrected chi connectivity index (χ0v) is 9.12. The van der Waals surface area contributed by atoms with E-state index in [9.17, 15) is 9.59 Å². The van der Waals surface area contributed by atoms with E-state index in [4.69, 9.17) is 4.74 Å². The van der Waals surface area contributed by atoms with E-state index in [0.29, 0.717) is 6.54 Å². The molecular formula is C10H17NO4. The number of rotatable bonds is 6. The Bertz CT molecular complexity index is 227. The molecule has 0 fully saturated rings. The molecular weight excluding hydrogens is 198 g/mol. The summed E-state index contributed by atoms with van der Waals surface area (Å²) in [6, 6.07) is 0. The minimum absolute atomic E-state index is 0.553. The number of hydrogen-bond donors (Lipinski definition) is 1. The van der Waals surface area contributed by atoms with E-state index in [1.807, 2.05) is 6.92 Å². The number of amides is 1. The van der Waals surface area contributed by atoms with Crippen molar-refractivity contribution in [1.29, 1.82) is 0 Å². The Hall–Kier alpha value is -1.52. The third kappa shape index (κ3) is 7.54. The van der Waals surface area contributed by atoms with Gasteiger partial charge in [0.15, 0.2) is 0 Å². The summed E-state index contributed by atoms with van der Waals surface area (Å²) < 4.78 is 9.36. The predicted molar refractivity (Wildman–Crippen MR) is 55.1 cm³/mol. The van der Waals surface area contributed by atoms with Crippen LogP contribution >= 0.6 is 0 Å². The van der Waals surface area contributed by atoms with Crippen LogP contribution in [0.3, 0.4) is 0 Å². The van der Waals surface area contributed by atoms with Gasteiger partial charge in [0.1, 0.15) is 0 Å². The minimum Gasteiger partial charge on any atom is -0.422 e. The molecule has 0 spiro atoms. The number of ether oxygens (including phenoxy) is 2. The number of carbonyl (C=O) groups is 2. The first-order valence-corrected chi connectivity index (χ1v) is 4.87. The molecule has 5 heteroatoms. The van der Waals surface area contributed by atoms with Crippen molar-refractivity contribution < 1.29 is 19.1 Å². The Labute approximate surface area is 89.4 Å². The fourth-order valence-electron chi connectivity index (χ4n) is 0.795. The number of hydrogen-bond acceptors (Lipinski definition) is 4. The van der Waals surface area contributed by atoms with E-state index in [-0.39, 0.29) is 0 Å². The maximum atomic E-state index is 11.0. The summed E-state index contributed by atoms with van der Waals surface area (Å²) in [7, 11) is 0. The molecule has 86 valence electrons. The monoisotopic (exact) mass is 215 g/mol. The van der Waals surface area contributed by atoms with Crippen molar-refractivity contribution in [2.75, 3.05) is 6.54 Å². The van der Waals surface area contributed by atoms with Gasteiger partial charge in [-0.3, -0.25) is 0 Å². The number of carbonyl (C=O) groups excluding carboxylic acids is 2. The lowest BCUT2D eigenvalue weighted by atomic mass is 10.3. The van der Waals surface area contributed by atoms with Crippen LogP contribution in [0.4, 0.5) is 4.79 Å². The van der Waals surface area contributed by atoms with E-state index in [0.717, 1.165) is 18.9 Å². The maximum absolute atomic E-state index is 11.0. The molecule has 1 amide bonds. The lowest BCUT2D eigenvalue weighted by molar-refractivity contribution is -0.158. The summed E-state index contributed by atoms with van der Waals surface area (Å²) in [6.45, 7) is 7.25. The Morgan fingerprint density at radius 2 is 2.13 bits per heavy atom. The maximum Gasteiger partial charge on any atom is 0.410 e. The van der Waals surface area contributed by atoms with Crippen LogP contribution in [0.25, 0.3) is 0 Å². The van der Waals surface area contributed by atoms with Gasteiger partial charge in [-0.1, -0.05) is 19.9 Å². The minimum atomic E-state index is -0.905. The highest BCUT2D eigenvalue weighted by atomic mass is 16.7. The average Bonchev–Trinajstić information content (AvgIpc) is 2.17. The topological polar surface area (TPSA) is 64.6 Å². The van der Waals surface area contributed by atoms with E-state index in [1.54, 1.807) is 0 Å². The van der Waals surface area contributed by atoms with Gasteiger partial charge in [0.25, 0.3) is 0 Å².